The molecule has 31 heavy (non-hydrogen) atoms. The number of methoxy groups -OCH3 is 1. The van der Waals surface area contributed by atoms with Crippen molar-refractivity contribution in [2.75, 3.05) is 13.7 Å². The Morgan fingerprint density at radius 3 is 2.13 bits per heavy atom. The Morgan fingerprint density at radius 1 is 1.00 bits per heavy atom. The van der Waals surface area contributed by atoms with Crippen LogP contribution in [0.4, 0.5) is 13.2 Å². The molecule has 0 aliphatic heterocycles. The molecule has 0 heterocycles. The first kappa shape index (κ1) is 25.5. The number of benzene rings is 2. The normalized spacial score (nSPS) is 10.5. The van der Waals surface area contributed by atoms with Gasteiger partial charge in [-0.1, -0.05) is 24.3 Å². The summed E-state index contributed by atoms with van der Waals surface area (Å²) in [4.78, 5) is 31.1. The lowest BCUT2D eigenvalue weighted by Gasteiger charge is -2.08. The molecular weight excluding hydrogens is 419 g/mol. The van der Waals surface area contributed by atoms with Gasteiger partial charge in [0, 0.05) is 12.0 Å². The molecule has 0 radical (unpaired) electrons. The van der Waals surface area contributed by atoms with Crippen molar-refractivity contribution in [3.8, 4) is 16.9 Å². The highest BCUT2D eigenvalue weighted by molar-refractivity contribution is 5.94. The molecule has 0 aliphatic carbocycles. The van der Waals surface area contributed by atoms with Crippen LogP contribution < -0.4 is 10.5 Å². The molecule has 0 unspecified atom stereocenters. The number of carbonyl (C=O) groups excluding carboxylic acids is 2. The molecule has 0 saturated carbocycles. The second-order valence-electron chi connectivity index (χ2n) is 6.15. The largest absolute Gasteiger partial charge is 0.494 e. The fourth-order valence-corrected chi connectivity index (χ4v) is 2.26. The van der Waals surface area contributed by atoms with Gasteiger partial charge in [0.15, 0.2) is 0 Å². The van der Waals surface area contributed by atoms with E-state index < -0.39 is 18.1 Å². The smallest absolute Gasteiger partial charge is 0.490 e. The number of hydrogen-bond acceptors (Lipinski definition) is 5. The summed E-state index contributed by atoms with van der Waals surface area (Å²) in [6, 6.07) is 14.8. The van der Waals surface area contributed by atoms with Crippen molar-refractivity contribution in [3.05, 3.63) is 54.1 Å². The first-order chi connectivity index (χ1) is 14.5. The van der Waals surface area contributed by atoms with Crippen LogP contribution in [0.2, 0.25) is 0 Å². The number of halogens is 3. The number of hydrogen-bond donors (Lipinski definition) is 2. The van der Waals surface area contributed by atoms with Crippen LogP contribution in [0.5, 0.6) is 5.75 Å². The number of carboxylic acid groups (broad SMARTS) is 1. The second-order valence-corrected chi connectivity index (χ2v) is 6.15. The van der Waals surface area contributed by atoms with Crippen LogP contribution in [-0.4, -0.2) is 42.8 Å². The van der Waals surface area contributed by atoms with Gasteiger partial charge in [0.05, 0.1) is 13.7 Å². The number of carboxylic acids is 1. The fraction of sp³-hybridized carbons (Fsp3) is 0.286. The lowest BCUT2D eigenvalue weighted by atomic mass is 10.0. The summed E-state index contributed by atoms with van der Waals surface area (Å²) >= 11 is 0. The first-order valence-electron chi connectivity index (χ1n) is 9.04. The van der Waals surface area contributed by atoms with Crippen LogP contribution in [0.25, 0.3) is 11.1 Å². The summed E-state index contributed by atoms with van der Waals surface area (Å²) < 4.78 is 42.0. The van der Waals surface area contributed by atoms with Crippen LogP contribution in [0.3, 0.4) is 0 Å². The Kier molecular flexibility index (Phi) is 10.0. The molecule has 168 valence electrons. The van der Waals surface area contributed by atoms with E-state index in [2.05, 4.69) is 4.74 Å². The van der Waals surface area contributed by atoms with Crippen molar-refractivity contribution >= 4 is 17.8 Å². The molecule has 0 atom stereocenters. The van der Waals surface area contributed by atoms with E-state index in [9.17, 15) is 22.8 Å². The van der Waals surface area contributed by atoms with Crippen molar-refractivity contribution in [2.24, 2.45) is 5.73 Å². The molecule has 7 nitrogen and oxygen atoms in total. The monoisotopic (exact) mass is 441 g/mol. The van der Waals surface area contributed by atoms with Crippen molar-refractivity contribution in [2.45, 2.75) is 25.4 Å². The van der Waals surface area contributed by atoms with E-state index >= 15 is 0 Å². The quantitative estimate of drug-likeness (QED) is 0.475. The highest BCUT2D eigenvalue weighted by atomic mass is 19.4. The van der Waals surface area contributed by atoms with Gasteiger partial charge in [-0.2, -0.15) is 13.2 Å². The number of alkyl halides is 3. The number of nitrogens with two attached hydrogens (primary N) is 1. The number of amides is 1. The Morgan fingerprint density at radius 2 is 1.61 bits per heavy atom. The Labute approximate surface area is 176 Å². The van der Waals surface area contributed by atoms with Crippen molar-refractivity contribution in [1.29, 1.82) is 0 Å². The molecule has 0 aliphatic rings. The van der Waals surface area contributed by atoms with Crippen LogP contribution >= 0.6 is 0 Å². The maximum Gasteiger partial charge on any atom is 0.490 e. The summed E-state index contributed by atoms with van der Waals surface area (Å²) in [6.07, 6.45) is -3.14. The molecule has 0 spiro atoms. The average molecular weight is 441 g/mol. The summed E-state index contributed by atoms with van der Waals surface area (Å²) in [5.74, 6) is -2.63. The summed E-state index contributed by atoms with van der Waals surface area (Å²) in [5, 5.41) is 7.12. The zero-order valence-electron chi connectivity index (χ0n) is 16.6. The number of esters is 1. The fourth-order valence-electron chi connectivity index (χ4n) is 2.26. The minimum atomic E-state index is -5.08. The molecule has 10 heteroatoms. The molecule has 0 saturated heterocycles. The van der Waals surface area contributed by atoms with Gasteiger partial charge in [0.2, 0.25) is 5.91 Å². The lowest BCUT2D eigenvalue weighted by molar-refractivity contribution is -0.192. The Hall–Kier alpha value is -3.56. The molecule has 0 bridgehead atoms. The van der Waals surface area contributed by atoms with E-state index in [1.807, 2.05) is 30.3 Å². The minimum absolute atomic E-state index is 0.197. The number of aliphatic carboxylic acids is 1. The molecule has 3 N–H and O–H groups in total. The molecule has 2 aromatic carbocycles. The Bertz CT molecular complexity index is 881. The number of carbonyl (C=O) groups is 3. The van der Waals surface area contributed by atoms with Crippen molar-refractivity contribution in [3.63, 3.8) is 0 Å². The molecule has 0 aromatic heterocycles. The summed E-state index contributed by atoms with van der Waals surface area (Å²) in [7, 11) is 1.39. The number of primary amides is 1. The third kappa shape index (κ3) is 9.66. The zero-order valence-corrected chi connectivity index (χ0v) is 16.6. The lowest BCUT2D eigenvalue weighted by Crippen LogP contribution is -2.21. The predicted octanol–water partition coefficient (Wildman–Crippen LogP) is 3.81. The van der Waals surface area contributed by atoms with Gasteiger partial charge in [-0.05, 0) is 48.2 Å². The van der Waals surface area contributed by atoms with Crippen LogP contribution in [0.1, 0.15) is 29.6 Å². The standard InChI is InChI=1S/C19H21NO4.C2HF3O2/c1-23-18(21)7-2-3-12-24-17-10-8-14(9-11-17)15-5-4-6-16(13-15)19(20)22;3-2(4,5)1(6)7/h4-6,8-11,13H,2-3,7,12H2,1H3,(H2,20,22);(H,6,7). The third-order valence-electron chi connectivity index (χ3n) is 3.85. The van der Waals surface area contributed by atoms with Crippen LogP contribution in [0, 0.1) is 0 Å². The maximum absolute atomic E-state index is 11.2. The third-order valence-corrected chi connectivity index (χ3v) is 3.85. The predicted molar refractivity (Wildman–Crippen MR) is 105 cm³/mol. The van der Waals surface area contributed by atoms with Crippen LogP contribution in [-0.2, 0) is 14.3 Å². The SMILES string of the molecule is COC(=O)CCCCOc1ccc(-c2cccc(C(N)=O)c2)cc1.O=C(O)C(F)(F)F. The zero-order chi connectivity index (χ0) is 23.4. The van der Waals surface area contributed by atoms with Gasteiger partial charge in [-0.25, -0.2) is 4.79 Å². The van der Waals surface area contributed by atoms with Crippen molar-refractivity contribution < 1.29 is 42.1 Å². The molecule has 1 amide bonds. The van der Waals surface area contributed by atoms with E-state index in [1.165, 1.54) is 7.11 Å². The van der Waals surface area contributed by atoms with Gasteiger partial charge >= 0.3 is 18.1 Å². The summed E-state index contributed by atoms with van der Waals surface area (Å²) in [6.45, 7) is 0.549. The molecule has 2 rings (SSSR count). The van der Waals surface area contributed by atoms with Gasteiger partial charge in [0.25, 0.3) is 0 Å². The molecular formula is C21H22F3NO6. The van der Waals surface area contributed by atoms with E-state index in [0.29, 0.717) is 18.6 Å². The van der Waals surface area contributed by atoms with Gasteiger partial charge in [-0.3, -0.25) is 9.59 Å². The van der Waals surface area contributed by atoms with Gasteiger partial charge < -0.3 is 20.3 Å². The van der Waals surface area contributed by atoms with E-state index in [-0.39, 0.29) is 5.97 Å². The highest BCUT2D eigenvalue weighted by Crippen LogP contribution is 2.23. The van der Waals surface area contributed by atoms with E-state index in [4.69, 9.17) is 20.4 Å². The highest BCUT2D eigenvalue weighted by Gasteiger charge is 2.38. The van der Waals surface area contributed by atoms with E-state index in [0.717, 1.165) is 29.7 Å². The second kappa shape index (κ2) is 12.2. The summed E-state index contributed by atoms with van der Waals surface area (Å²) in [5.41, 5.74) is 7.70. The first-order valence-corrected chi connectivity index (χ1v) is 9.04. The molecule has 2 aromatic rings. The van der Waals surface area contributed by atoms with Crippen LogP contribution in [0.15, 0.2) is 48.5 Å². The maximum atomic E-state index is 11.2. The number of unbranched alkanes of at least 4 members (excludes halogenated alkanes) is 1. The topological polar surface area (TPSA) is 116 Å². The van der Waals surface area contributed by atoms with Gasteiger partial charge in [0.1, 0.15) is 5.75 Å². The molecule has 0 fully saturated rings. The number of ether oxygens (including phenoxy) is 2. The van der Waals surface area contributed by atoms with Crippen molar-refractivity contribution in [1.82, 2.24) is 0 Å². The average Bonchev–Trinajstić information content (AvgIpc) is 2.73. The minimum Gasteiger partial charge on any atom is -0.494 e. The number of rotatable bonds is 8. The Balaban J connectivity index is 0.000000592. The van der Waals surface area contributed by atoms with E-state index in [1.54, 1.807) is 18.2 Å². The van der Waals surface area contributed by atoms with Gasteiger partial charge in [-0.15, -0.1) is 0 Å².